The van der Waals surface area contributed by atoms with E-state index in [-0.39, 0.29) is 31.5 Å². The lowest BCUT2D eigenvalue weighted by atomic mass is 10.1. The molecule has 0 saturated carbocycles. The summed E-state index contributed by atoms with van der Waals surface area (Å²) in [6, 6.07) is 18.3. The van der Waals surface area contributed by atoms with Crippen LogP contribution in [0.2, 0.25) is 0 Å². The number of rotatable bonds is 8. The van der Waals surface area contributed by atoms with Crippen molar-refractivity contribution in [3.8, 4) is 0 Å². The monoisotopic (exact) mass is 411 g/mol. The Morgan fingerprint density at radius 1 is 0.793 bits per heavy atom. The maximum atomic E-state index is 8.55. The van der Waals surface area contributed by atoms with E-state index in [9.17, 15) is 0 Å². The topological polar surface area (TPSA) is 173 Å². The molecule has 0 bridgehead atoms. The van der Waals surface area contributed by atoms with Crippen LogP contribution in [0.4, 0.5) is 0 Å². The number of hydrazone groups is 1. The van der Waals surface area contributed by atoms with Crippen molar-refractivity contribution in [3.63, 3.8) is 0 Å². The van der Waals surface area contributed by atoms with Gasteiger partial charge in [-0.2, -0.15) is 10.2 Å². The molecule has 11 nitrogen and oxygen atoms in total. The van der Waals surface area contributed by atoms with Crippen LogP contribution in [0.1, 0.15) is 11.1 Å². The highest BCUT2D eigenvalue weighted by Gasteiger charge is 2.04. The molecule has 2 aromatic carbocycles. The van der Waals surface area contributed by atoms with Gasteiger partial charge in [-0.05, 0) is 22.2 Å². The minimum Gasteiger partial charge on any atom is -0.367 e. The third-order valence-electron chi connectivity index (χ3n) is 3.37. The zero-order valence-electron chi connectivity index (χ0n) is 15.2. The van der Waals surface area contributed by atoms with Gasteiger partial charge in [0.05, 0.1) is 24.5 Å². The van der Waals surface area contributed by atoms with Crippen molar-refractivity contribution in [1.29, 1.82) is 0 Å². The zero-order valence-corrected chi connectivity index (χ0v) is 16.0. The van der Waals surface area contributed by atoms with E-state index in [1.165, 1.54) is 0 Å². The number of benzene rings is 2. The Bertz CT molecular complexity index is 957. The molecule has 0 unspecified atom stereocenters. The molecule has 0 heterocycles. The summed E-state index contributed by atoms with van der Waals surface area (Å²) in [6.45, 7) is 0.0585. The quantitative estimate of drug-likeness (QED) is 0.168. The van der Waals surface area contributed by atoms with Gasteiger partial charge in [0.2, 0.25) is 5.96 Å². The van der Waals surface area contributed by atoms with Crippen LogP contribution in [-0.4, -0.2) is 30.5 Å². The fourth-order valence-corrected chi connectivity index (χ4v) is 2.09. The summed E-state index contributed by atoms with van der Waals surface area (Å²) in [7, 11) is 0. The second-order valence-electron chi connectivity index (χ2n) is 5.21. The first kappa shape index (κ1) is 23.0. The van der Waals surface area contributed by atoms with E-state index in [4.69, 9.17) is 16.8 Å². The first-order chi connectivity index (χ1) is 13.7. The van der Waals surface area contributed by atoms with Crippen molar-refractivity contribution in [3.05, 3.63) is 92.7 Å². The second kappa shape index (κ2) is 13.2. The zero-order chi connectivity index (χ0) is 20.0. The Kier molecular flexibility index (Phi) is 10.5. The molecule has 0 radical (unpaired) electrons. The minimum atomic E-state index is -0.0799. The summed E-state index contributed by atoms with van der Waals surface area (Å²) in [5.41, 5.74) is 27.9. The molecule has 0 spiro atoms. The molecule has 0 amide bonds. The van der Waals surface area contributed by atoms with E-state index in [0.29, 0.717) is 11.4 Å². The van der Waals surface area contributed by atoms with Crippen molar-refractivity contribution in [2.75, 3.05) is 13.1 Å². The van der Waals surface area contributed by atoms with Crippen molar-refractivity contribution >= 4 is 29.8 Å². The molecule has 0 aliphatic carbocycles. The summed E-state index contributed by atoms with van der Waals surface area (Å²) in [5, 5.41) is 19.1. The highest BCUT2D eigenvalue weighted by atomic mass is 35.5. The Balaban J connectivity index is 0.00000420. The summed E-state index contributed by atoms with van der Waals surface area (Å²) in [4.78, 5) is 5.48. The SMILES string of the molecule is Cl.[N-]=[N+]=NC/C(=N\N=C(/N)N/N=C(\CN=[N+]=[N-])c1ccccc1)c1ccccc1. The third-order valence-corrected chi connectivity index (χ3v) is 3.37. The van der Waals surface area contributed by atoms with Crippen LogP contribution in [0.25, 0.3) is 20.9 Å². The van der Waals surface area contributed by atoms with E-state index < -0.39 is 0 Å². The van der Waals surface area contributed by atoms with Gasteiger partial charge in [0, 0.05) is 9.82 Å². The van der Waals surface area contributed by atoms with Crippen molar-refractivity contribution in [2.24, 2.45) is 31.3 Å². The minimum absolute atomic E-state index is 0. The van der Waals surface area contributed by atoms with Crippen LogP contribution in [0.3, 0.4) is 0 Å². The molecule has 3 N–H and O–H groups in total. The second-order valence-corrected chi connectivity index (χ2v) is 5.21. The number of halogens is 1. The maximum absolute atomic E-state index is 8.55. The number of nitrogens with two attached hydrogens (primary N) is 1. The fourth-order valence-electron chi connectivity index (χ4n) is 2.09. The molecule has 148 valence electrons. The summed E-state index contributed by atoms with van der Waals surface area (Å²) in [6.07, 6.45) is 0. The molecule has 2 aromatic rings. The third kappa shape index (κ3) is 8.02. The Hall–Kier alpha value is -4.04. The molecule has 0 aromatic heterocycles. The van der Waals surface area contributed by atoms with E-state index in [1.807, 2.05) is 60.7 Å². The Morgan fingerprint density at radius 2 is 1.28 bits per heavy atom. The van der Waals surface area contributed by atoms with Crippen LogP contribution in [0.15, 0.2) is 86.2 Å². The summed E-state index contributed by atoms with van der Waals surface area (Å²) >= 11 is 0. The molecule has 12 heteroatoms. The summed E-state index contributed by atoms with van der Waals surface area (Å²) in [5.74, 6) is -0.0799. The molecular formula is C17H18ClN11. The van der Waals surface area contributed by atoms with Crippen molar-refractivity contribution < 1.29 is 0 Å². The highest BCUT2D eigenvalue weighted by molar-refractivity contribution is 6.03. The van der Waals surface area contributed by atoms with Gasteiger partial charge in [-0.15, -0.1) is 17.5 Å². The maximum Gasteiger partial charge on any atom is 0.234 e. The molecule has 0 atom stereocenters. The standard InChI is InChI=1S/C17H17N11.ClH/c18-17(25-23-15(11-21-27-19)13-7-3-1-4-8-13)26-24-16(12-22-28-20)14-9-5-2-6-10-14;/h1-10H,11-12H2,(H3,18,25,26);1H/b23-15+,24-16+;. The predicted molar refractivity (Wildman–Crippen MR) is 116 cm³/mol. The molecule has 0 fully saturated rings. The average Bonchev–Trinajstić information content (AvgIpc) is 2.75. The van der Waals surface area contributed by atoms with Crippen LogP contribution in [0, 0.1) is 0 Å². The van der Waals surface area contributed by atoms with E-state index in [1.54, 1.807) is 0 Å². The Morgan fingerprint density at radius 3 is 1.79 bits per heavy atom. The molecule has 0 saturated heterocycles. The fraction of sp³-hybridized carbons (Fsp3) is 0.118. The van der Waals surface area contributed by atoms with Crippen LogP contribution in [-0.2, 0) is 0 Å². The van der Waals surface area contributed by atoms with Gasteiger partial charge in [0.25, 0.3) is 0 Å². The number of nitrogens with zero attached hydrogens (tertiary/aromatic N) is 9. The van der Waals surface area contributed by atoms with Gasteiger partial charge in [-0.25, -0.2) is 5.43 Å². The van der Waals surface area contributed by atoms with Gasteiger partial charge in [-0.3, -0.25) is 0 Å². The normalized spacial score (nSPS) is 11.5. The molecule has 0 aliphatic heterocycles. The van der Waals surface area contributed by atoms with E-state index >= 15 is 0 Å². The van der Waals surface area contributed by atoms with Gasteiger partial charge in [0.1, 0.15) is 0 Å². The lowest BCUT2D eigenvalue weighted by molar-refractivity contribution is 0.974. The highest BCUT2D eigenvalue weighted by Crippen LogP contribution is 2.03. The predicted octanol–water partition coefficient (Wildman–Crippen LogP) is 3.74. The van der Waals surface area contributed by atoms with Gasteiger partial charge in [-0.1, -0.05) is 70.9 Å². The van der Waals surface area contributed by atoms with Crippen molar-refractivity contribution in [2.45, 2.75) is 0 Å². The molecular weight excluding hydrogens is 394 g/mol. The van der Waals surface area contributed by atoms with Gasteiger partial charge < -0.3 is 5.73 Å². The van der Waals surface area contributed by atoms with Crippen molar-refractivity contribution in [1.82, 2.24) is 5.43 Å². The number of hydrogen-bond acceptors (Lipinski definition) is 5. The Labute approximate surface area is 172 Å². The van der Waals surface area contributed by atoms with Crippen LogP contribution >= 0.6 is 12.4 Å². The number of hydrogen-bond donors (Lipinski definition) is 2. The summed E-state index contributed by atoms with van der Waals surface area (Å²) < 4.78 is 0. The lowest BCUT2D eigenvalue weighted by Crippen LogP contribution is -2.28. The first-order valence-electron chi connectivity index (χ1n) is 8.09. The van der Waals surface area contributed by atoms with Crippen LogP contribution in [0.5, 0.6) is 0 Å². The van der Waals surface area contributed by atoms with E-state index in [0.717, 1.165) is 11.1 Å². The number of guanidine groups is 1. The van der Waals surface area contributed by atoms with E-state index in [2.05, 4.69) is 40.8 Å². The smallest absolute Gasteiger partial charge is 0.234 e. The number of nitrogens with one attached hydrogen (secondary N) is 1. The van der Waals surface area contributed by atoms with Crippen LogP contribution < -0.4 is 11.2 Å². The largest absolute Gasteiger partial charge is 0.367 e. The number of azide groups is 2. The molecule has 2 rings (SSSR count). The van der Waals surface area contributed by atoms with Gasteiger partial charge in [0.15, 0.2) is 0 Å². The average molecular weight is 412 g/mol. The molecule has 0 aliphatic rings. The van der Waals surface area contributed by atoms with Gasteiger partial charge >= 0.3 is 0 Å². The molecule has 29 heavy (non-hydrogen) atoms. The lowest BCUT2D eigenvalue weighted by Gasteiger charge is -2.05. The first-order valence-corrected chi connectivity index (χ1v) is 8.09.